The second-order valence-electron chi connectivity index (χ2n) is 3.85. The fourth-order valence-electron chi connectivity index (χ4n) is 1.29. The summed E-state index contributed by atoms with van der Waals surface area (Å²) >= 11 is 11.7. The highest BCUT2D eigenvalue weighted by Crippen LogP contribution is 2.30. The molecular formula is C11H14Cl2O2. The van der Waals surface area contributed by atoms with Gasteiger partial charge in [0.2, 0.25) is 0 Å². The van der Waals surface area contributed by atoms with E-state index in [4.69, 9.17) is 23.2 Å². The number of hydrogen-bond acceptors (Lipinski definition) is 2. The molecule has 1 rings (SSSR count). The zero-order chi connectivity index (χ0) is 11.6. The van der Waals surface area contributed by atoms with Crippen LogP contribution in [0.5, 0.6) is 0 Å². The Balaban J connectivity index is 2.99. The SMILES string of the molecule is CC(C)C(O)C(O)c1cc(Cl)ccc1Cl. The lowest BCUT2D eigenvalue weighted by atomic mass is 9.96. The highest BCUT2D eigenvalue weighted by atomic mass is 35.5. The van der Waals surface area contributed by atoms with E-state index >= 15 is 0 Å². The van der Waals surface area contributed by atoms with Crippen LogP contribution in [0.1, 0.15) is 25.5 Å². The topological polar surface area (TPSA) is 40.5 Å². The normalized spacial score (nSPS) is 15.4. The first-order valence-corrected chi connectivity index (χ1v) is 5.50. The molecule has 0 aliphatic heterocycles. The van der Waals surface area contributed by atoms with Crippen LogP contribution in [0.15, 0.2) is 18.2 Å². The molecule has 0 saturated carbocycles. The van der Waals surface area contributed by atoms with E-state index < -0.39 is 12.2 Å². The number of aliphatic hydroxyl groups is 2. The van der Waals surface area contributed by atoms with Gasteiger partial charge in [-0.3, -0.25) is 0 Å². The Morgan fingerprint density at radius 2 is 1.73 bits per heavy atom. The van der Waals surface area contributed by atoms with Crippen LogP contribution in [-0.2, 0) is 0 Å². The van der Waals surface area contributed by atoms with E-state index in [1.807, 2.05) is 13.8 Å². The maximum absolute atomic E-state index is 9.87. The molecule has 2 atom stereocenters. The van der Waals surface area contributed by atoms with Crippen LogP contribution in [0.3, 0.4) is 0 Å². The minimum absolute atomic E-state index is 0.0463. The van der Waals surface area contributed by atoms with Crippen LogP contribution >= 0.6 is 23.2 Å². The standard InChI is InChI=1S/C11H14Cl2O2/c1-6(2)10(14)11(15)8-5-7(12)3-4-9(8)13/h3-6,10-11,14-15H,1-2H3. The zero-order valence-corrected chi connectivity index (χ0v) is 10.1. The summed E-state index contributed by atoms with van der Waals surface area (Å²) in [4.78, 5) is 0. The molecule has 84 valence electrons. The van der Waals surface area contributed by atoms with Gasteiger partial charge < -0.3 is 10.2 Å². The van der Waals surface area contributed by atoms with Gasteiger partial charge >= 0.3 is 0 Å². The van der Waals surface area contributed by atoms with Crippen molar-refractivity contribution in [1.29, 1.82) is 0 Å². The number of hydrogen-bond donors (Lipinski definition) is 2. The minimum Gasteiger partial charge on any atom is -0.390 e. The third-order valence-electron chi connectivity index (χ3n) is 2.28. The summed E-state index contributed by atoms with van der Waals surface area (Å²) in [6.07, 6.45) is -1.85. The van der Waals surface area contributed by atoms with Gasteiger partial charge in [-0.15, -0.1) is 0 Å². The Kier molecular flexibility index (Phi) is 4.41. The number of benzene rings is 1. The van der Waals surface area contributed by atoms with Crippen LogP contribution < -0.4 is 0 Å². The molecule has 1 aromatic rings. The fourth-order valence-corrected chi connectivity index (χ4v) is 1.70. The predicted octanol–water partition coefficient (Wildman–Crippen LogP) is 3.04. The van der Waals surface area contributed by atoms with Gasteiger partial charge in [-0.2, -0.15) is 0 Å². The largest absolute Gasteiger partial charge is 0.390 e. The lowest BCUT2D eigenvalue weighted by molar-refractivity contribution is -0.00933. The highest BCUT2D eigenvalue weighted by molar-refractivity contribution is 6.33. The number of rotatable bonds is 3. The molecule has 15 heavy (non-hydrogen) atoms. The Labute approximate surface area is 99.5 Å². The van der Waals surface area contributed by atoms with Crippen molar-refractivity contribution >= 4 is 23.2 Å². The van der Waals surface area contributed by atoms with Crippen LogP contribution in [0, 0.1) is 5.92 Å². The van der Waals surface area contributed by atoms with E-state index in [9.17, 15) is 10.2 Å². The molecule has 0 heterocycles. The lowest BCUT2D eigenvalue weighted by Crippen LogP contribution is -2.24. The molecule has 2 N–H and O–H groups in total. The molecule has 2 nitrogen and oxygen atoms in total. The number of halogens is 2. The summed E-state index contributed by atoms with van der Waals surface area (Å²) in [5.74, 6) is -0.0463. The first kappa shape index (κ1) is 12.8. The molecule has 1 aromatic carbocycles. The van der Waals surface area contributed by atoms with E-state index in [1.165, 1.54) is 0 Å². The van der Waals surface area contributed by atoms with Crippen LogP contribution in [-0.4, -0.2) is 16.3 Å². The molecule has 0 aliphatic carbocycles. The van der Waals surface area contributed by atoms with Gasteiger partial charge in [0.05, 0.1) is 6.10 Å². The Morgan fingerprint density at radius 1 is 1.13 bits per heavy atom. The van der Waals surface area contributed by atoms with E-state index in [2.05, 4.69) is 0 Å². The Bertz CT molecular complexity index is 339. The maximum atomic E-state index is 9.87. The lowest BCUT2D eigenvalue weighted by Gasteiger charge is -2.22. The summed E-state index contributed by atoms with van der Waals surface area (Å²) in [6.45, 7) is 3.65. The number of aliphatic hydroxyl groups excluding tert-OH is 2. The molecule has 0 fully saturated rings. The Hall–Kier alpha value is -0.280. The molecule has 0 saturated heterocycles. The van der Waals surface area contributed by atoms with Crippen LogP contribution in [0.2, 0.25) is 10.0 Å². The average molecular weight is 249 g/mol. The second kappa shape index (κ2) is 5.17. The van der Waals surface area contributed by atoms with E-state index in [-0.39, 0.29) is 5.92 Å². The van der Waals surface area contributed by atoms with Gasteiger partial charge in [0.25, 0.3) is 0 Å². The molecule has 0 aliphatic rings. The van der Waals surface area contributed by atoms with Gasteiger partial charge in [-0.1, -0.05) is 37.0 Å². The molecule has 4 heteroatoms. The van der Waals surface area contributed by atoms with Crippen molar-refractivity contribution in [1.82, 2.24) is 0 Å². The molecule has 2 unspecified atom stereocenters. The predicted molar refractivity (Wildman–Crippen MR) is 62.3 cm³/mol. The highest BCUT2D eigenvalue weighted by Gasteiger charge is 2.23. The summed E-state index contributed by atoms with van der Waals surface area (Å²) in [5, 5.41) is 20.5. The summed E-state index contributed by atoms with van der Waals surface area (Å²) < 4.78 is 0. The Morgan fingerprint density at radius 3 is 2.27 bits per heavy atom. The van der Waals surface area contributed by atoms with Crippen molar-refractivity contribution in [3.05, 3.63) is 33.8 Å². The molecule has 0 radical (unpaired) electrons. The van der Waals surface area contributed by atoms with Crippen molar-refractivity contribution in [3.8, 4) is 0 Å². The summed E-state index contributed by atoms with van der Waals surface area (Å²) in [7, 11) is 0. The molecule has 0 amide bonds. The zero-order valence-electron chi connectivity index (χ0n) is 8.61. The van der Waals surface area contributed by atoms with E-state index in [0.29, 0.717) is 15.6 Å². The smallest absolute Gasteiger partial charge is 0.107 e. The molecule has 0 bridgehead atoms. The monoisotopic (exact) mass is 248 g/mol. The van der Waals surface area contributed by atoms with Crippen LogP contribution in [0.25, 0.3) is 0 Å². The van der Waals surface area contributed by atoms with Crippen molar-refractivity contribution in [2.24, 2.45) is 5.92 Å². The van der Waals surface area contributed by atoms with Gasteiger partial charge in [0, 0.05) is 15.6 Å². The second-order valence-corrected chi connectivity index (χ2v) is 4.69. The van der Waals surface area contributed by atoms with Gasteiger partial charge in [0.15, 0.2) is 0 Å². The summed E-state index contributed by atoms with van der Waals surface area (Å²) in [6, 6.07) is 4.82. The molecular weight excluding hydrogens is 235 g/mol. The molecule has 0 aromatic heterocycles. The van der Waals surface area contributed by atoms with Crippen molar-refractivity contribution in [2.45, 2.75) is 26.1 Å². The maximum Gasteiger partial charge on any atom is 0.107 e. The van der Waals surface area contributed by atoms with Crippen molar-refractivity contribution in [3.63, 3.8) is 0 Å². The third-order valence-corrected chi connectivity index (χ3v) is 2.86. The van der Waals surface area contributed by atoms with Crippen LogP contribution in [0.4, 0.5) is 0 Å². The third kappa shape index (κ3) is 3.08. The van der Waals surface area contributed by atoms with Crippen molar-refractivity contribution < 1.29 is 10.2 Å². The van der Waals surface area contributed by atoms with Gasteiger partial charge in [-0.25, -0.2) is 0 Å². The first-order chi connectivity index (χ1) is 6.93. The van der Waals surface area contributed by atoms with Gasteiger partial charge in [0.1, 0.15) is 6.10 Å². The fraction of sp³-hybridized carbons (Fsp3) is 0.455. The van der Waals surface area contributed by atoms with Crippen molar-refractivity contribution in [2.75, 3.05) is 0 Å². The average Bonchev–Trinajstić information content (AvgIpc) is 2.19. The first-order valence-electron chi connectivity index (χ1n) is 4.74. The summed E-state index contributed by atoms with van der Waals surface area (Å²) in [5.41, 5.74) is 0.463. The quantitative estimate of drug-likeness (QED) is 0.864. The van der Waals surface area contributed by atoms with E-state index in [1.54, 1.807) is 18.2 Å². The minimum atomic E-state index is -1.00. The van der Waals surface area contributed by atoms with E-state index in [0.717, 1.165) is 0 Å². The van der Waals surface area contributed by atoms with Gasteiger partial charge in [-0.05, 0) is 24.1 Å². The molecule has 0 spiro atoms.